The molecule has 0 saturated carbocycles. The fraction of sp³-hybridized carbons (Fsp3) is 0.409. The predicted molar refractivity (Wildman–Crippen MR) is 116 cm³/mol. The molecule has 0 heterocycles. The summed E-state index contributed by atoms with van der Waals surface area (Å²) in [6, 6.07) is 5.72. The van der Waals surface area contributed by atoms with Gasteiger partial charge in [-0.05, 0) is 36.2 Å². The molecule has 2 aromatic carbocycles. The summed E-state index contributed by atoms with van der Waals surface area (Å²) >= 11 is 0. The Labute approximate surface area is 186 Å². The molecule has 0 unspecified atom stereocenters. The van der Waals surface area contributed by atoms with Gasteiger partial charge in [-0.25, -0.2) is 4.79 Å². The van der Waals surface area contributed by atoms with Crippen molar-refractivity contribution < 1.29 is 39.1 Å². The van der Waals surface area contributed by atoms with Crippen LogP contribution in [0.4, 0.5) is 0 Å². The Balaban J connectivity index is 1.97. The summed E-state index contributed by atoms with van der Waals surface area (Å²) in [6.45, 7) is 4.99. The molecule has 0 amide bonds. The number of phenols is 3. The van der Waals surface area contributed by atoms with E-state index >= 15 is 0 Å². The fourth-order valence-corrected chi connectivity index (χ4v) is 2.90. The zero-order valence-corrected chi connectivity index (χ0v) is 18.2. The Bertz CT molecular complexity index is 881. The zero-order valence-electron chi connectivity index (χ0n) is 18.2. The molecule has 0 aliphatic heterocycles. The van der Waals surface area contributed by atoms with Crippen molar-refractivity contribution in [2.24, 2.45) is 5.73 Å². The molecule has 176 valence electrons. The Kier molecular flexibility index (Phi) is 10.0. The number of hydrogen-bond donors (Lipinski definition) is 5. The third-order valence-corrected chi connectivity index (χ3v) is 4.41. The Morgan fingerprint density at radius 3 is 2.38 bits per heavy atom. The van der Waals surface area contributed by atoms with Gasteiger partial charge in [-0.1, -0.05) is 0 Å². The minimum absolute atomic E-state index is 0.000259. The molecule has 10 heteroatoms. The monoisotopic (exact) mass is 450 g/mol. The van der Waals surface area contributed by atoms with Gasteiger partial charge >= 0.3 is 5.97 Å². The minimum Gasteiger partial charge on any atom is -0.507 e. The molecule has 0 saturated heterocycles. The largest absolute Gasteiger partial charge is 0.507 e. The predicted octanol–water partition coefficient (Wildman–Crippen LogP) is 1.77. The summed E-state index contributed by atoms with van der Waals surface area (Å²) in [6.07, 6.45) is 0. The van der Waals surface area contributed by atoms with Crippen LogP contribution in [0.25, 0.3) is 0 Å². The SMILES string of the molecule is COC(=O)c1c(C)cc(Oc2cc(CNCCOCCOCCN)cc(O)c2O)cc1O. The van der Waals surface area contributed by atoms with Gasteiger partial charge in [0.15, 0.2) is 11.5 Å². The Hall–Kier alpha value is -3.05. The maximum atomic E-state index is 11.8. The lowest BCUT2D eigenvalue weighted by Gasteiger charge is -2.14. The van der Waals surface area contributed by atoms with Crippen molar-refractivity contribution in [3.8, 4) is 28.7 Å². The maximum Gasteiger partial charge on any atom is 0.341 e. The lowest BCUT2D eigenvalue weighted by molar-refractivity contribution is 0.0518. The highest BCUT2D eigenvalue weighted by Gasteiger charge is 2.18. The third-order valence-electron chi connectivity index (χ3n) is 4.41. The van der Waals surface area contributed by atoms with Crippen LogP contribution in [0.2, 0.25) is 0 Å². The smallest absolute Gasteiger partial charge is 0.341 e. The molecule has 0 fully saturated rings. The molecule has 0 aliphatic rings. The average Bonchev–Trinajstić information content (AvgIpc) is 2.75. The van der Waals surface area contributed by atoms with E-state index in [1.807, 2.05) is 0 Å². The van der Waals surface area contributed by atoms with Gasteiger partial charge in [0.1, 0.15) is 17.1 Å². The second-order valence-electron chi connectivity index (χ2n) is 6.88. The minimum atomic E-state index is -0.674. The van der Waals surface area contributed by atoms with Crippen LogP contribution >= 0.6 is 0 Å². The first-order valence-corrected chi connectivity index (χ1v) is 10.1. The van der Waals surface area contributed by atoms with Crippen molar-refractivity contribution in [3.63, 3.8) is 0 Å². The molecular formula is C22H30N2O8. The van der Waals surface area contributed by atoms with Crippen molar-refractivity contribution in [2.45, 2.75) is 13.5 Å². The number of carbonyl (C=O) groups is 1. The third kappa shape index (κ3) is 7.27. The molecule has 2 rings (SSSR count). The van der Waals surface area contributed by atoms with Crippen LogP contribution in [0.1, 0.15) is 21.5 Å². The van der Waals surface area contributed by atoms with Crippen molar-refractivity contribution in [2.75, 3.05) is 46.6 Å². The number of aryl methyl sites for hydroxylation is 1. The van der Waals surface area contributed by atoms with E-state index in [4.69, 9.17) is 19.9 Å². The van der Waals surface area contributed by atoms with Crippen LogP contribution < -0.4 is 15.8 Å². The van der Waals surface area contributed by atoms with Gasteiger partial charge in [0.2, 0.25) is 5.75 Å². The van der Waals surface area contributed by atoms with Crippen LogP contribution in [0.15, 0.2) is 24.3 Å². The molecule has 0 atom stereocenters. The highest BCUT2D eigenvalue weighted by atomic mass is 16.5. The first-order valence-electron chi connectivity index (χ1n) is 10.1. The number of esters is 1. The van der Waals surface area contributed by atoms with Crippen LogP contribution in [0.3, 0.4) is 0 Å². The van der Waals surface area contributed by atoms with Crippen molar-refractivity contribution >= 4 is 5.97 Å². The maximum absolute atomic E-state index is 11.8. The number of benzene rings is 2. The number of aromatic hydroxyl groups is 3. The number of phenolic OH excluding ortho intramolecular Hbond substituents is 3. The highest BCUT2D eigenvalue weighted by molar-refractivity contribution is 5.94. The van der Waals surface area contributed by atoms with E-state index in [9.17, 15) is 20.1 Å². The number of hydrogen-bond acceptors (Lipinski definition) is 10. The number of ether oxygens (including phenoxy) is 4. The van der Waals surface area contributed by atoms with Gasteiger partial charge in [0.25, 0.3) is 0 Å². The second-order valence-corrected chi connectivity index (χ2v) is 6.88. The zero-order chi connectivity index (χ0) is 23.5. The van der Waals surface area contributed by atoms with E-state index in [1.54, 1.807) is 13.0 Å². The normalized spacial score (nSPS) is 10.8. The number of nitrogens with two attached hydrogens (primary N) is 1. The molecule has 32 heavy (non-hydrogen) atoms. The Morgan fingerprint density at radius 1 is 1.00 bits per heavy atom. The first kappa shape index (κ1) is 25.2. The van der Waals surface area contributed by atoms with Gasteiger partial charge in [-0.2, -0.15) is 0 Å². The van der Waals surface area contributed by atoms with E-state index in [-0.39, 0.29) is 28.6 Å². The van der Waals surface area contributed by atoms with Crippen molar-refractivity contribution in [3.05, 3.63) is 41.0 Å². The van der Waals surface area contributed by atoms with Crippen LogP contribution in [-0.2, 0) is 20.8 Å². The van der Waals surface area contributed by atoms with Crippen molar-refractivity contribution in [1.82, 2.24) is 5.32 Å². The molecule has 0 aromatic heterocycles. The topological polar surface area (TPSA) is 153 Å². The summed E-state index contributed by atoms with van der Waals surface area (Å²) in [5.74, 6) is -1.60. The van der Waals surface area contributed by atoms with Gasteiger partial charge in [0, 0.05) is 25.7 Å². The van der Waals surface area contributed by atoms with Crippen molar-refractivity contribution in [1.29, 1.82) is 0 Å². The van der Waals surface area contributed by atoms with Gasteiger partial charge in [0.05, 0.1) is 33.5 Å². The summed E-state index contributed by atoms with van der Waals surface area (Å²) in [5.41, 5.74) is 6.45. The second kappa shape index (κ2) is 12.7. The number of methoxy groups -OCH3 is 1. The average molecular weight is 450 g/mol. The standard InChI is InChI=1S/C22H30N2O8/c1-14-9-16(12-17(25)20(14)22(28)29-2)32-19-11-15(10-18(26)21(19)27)13-24-4-6-31-8-7-30-5-3-23/h9-12,24-27H,3-8,13,23H2,1-2H3. The summed E-state index contributed by atoms with van der Waals surface area (Å²) in [4.78, 5) is 11.8. The van der Waals surface area contributed by atoms with E-state index in [1.165, 1.54) is 25.3 Å². The van der Waals surface area contributed by atoms with Gasteiger partial charge in [-0.15, -0.1) is 0 Å². The highest BCUT2D eigenvalue weighted by Crippen LogP contribution is 2.40. The summed E-state index contributed by atoms with van der Waals surface area (Å²) in [7, 11) is 1.22. The van der Waals surface area contributed by atoms with E-state index in [0.717, 1.165) is 0 Å². The first-order chi connectivity index (χ1) is 15.4. The number of nitrogens with one attached hydrogen (secondary N) is 1. The summed E-state index contributed by atoms with van der Waals surface area (Å²) in [5, 5.41) is 33.5. The van der Waals surface area contributed by atoms with Crippen LogP contribution in [0.5, 0.6) is 28.7 Å². The van der Waals surface area contributed by atoms with E-state index in [2.05, 4.69) is 10.1 Å². The molecule has 0 bridgehead atoms. The van der Waals surface area contributed by atoms with Crippen LogP contribution in [-0.4, -0.2) is 67.9 Å². The van der Waals surface area contributed by atoms with E-state index in [0.29, 0.717) is 57.2 Å². The van der Waals surface area contributed by atoms with Gasteiger partial charge < -0.3 is 45.3 Å². The molecular weight excluding hydrogens is 420 g/mol. The molecule has 6 N–H and O–H groups in total. The number of carbonyl (C=O) groups excluding carboxylic acids is 1. The molecule has 0 radical (unpaired) electrons. The molecule has 10 nitrogen and oxygen atoms in total. The lowest BCUT2D eigenvalue weighted by Crippen LogP contribution is -2.20. The van der Waals surface area contributed by atoms with Crippen LogP contribution in [0, 0.1) is 6.92 Å². The fourth-order valence-electron chi connectivity index (χ4n) is 2.90. The molecule has 0 aliphatic carbocycles. The number of rotatable bonds is 13. The Morgan fingerprint density at radius 2 is 1.72 bits per heavy atom. The molecule has 2 aromatic rings. The summed E-state index contributed by atoms with van der Waals surface area (Å²) < 4.78 is 20.9. The van der Waals surface area contributed by atoms with E-state index < -0.39 is 11.7 Å². The lowest BCUT2D eigenvalue weighted by atomic mass is 10.1. The molecule has 0 spiro atoms. The van der Waals surface area contributed by atoms with Gasteiger partial charge in [-0.3, -0.25) is 0 Å². The quantitative estimate of drug-likeness (QED) is 0.173.